The van der Waals surface area contributed by atoms with Gasteiger partial charge in [-0.3, -0.25) is 10.1 Å². The zero-order chi connectivity index (χ0) is 20.5. The van der Waals surface area contributed by atoms with Gasteiger partial charge in [0.1, 0.15) is 12.3 Å². The van der Waals surface area contributed by atoms with Crippen LogP contribution in [0.15, 0.2) is 40.6 Å². The first-order valence-electron chi connectivity index (χ1n) is 8.67. The maximum Gasteiger partial charge on any atom is 0.257 e. The average molecular weight is 427 g/mol. The fourth-order valence-corrected chi connectivity index (χ4v) is 4.42. The number of nitrogens with one attached hydrogen (secondary N) is 1. The summed E-state index contributed by atoms with van der Waals surface area (Å²) in [5.41, 5.74) is 1.47. The monoisotopic (exact) mass is 426 g/mol. The number of sulfone groups is 1. The minimum atomic E-state index is -3.38. The van der Waals surface area contributed by atoms with Crippen LogP contribution in [0.5, 0.6) is 0 Å². The van der Waals surface area contributed by atoms with Crippen LogP contribution >= 0.6 is 11.3 Å². The topological polar surface area (TPSA) is 76.1 Å². The molecule has 0 aliphatic heterocycles. The zero-order valence-corrected chi connectivity index (χ0v) is 17.0. The fraction of sp³-hybridized carbons (Fsp3) is 0.368. The molecule has 1 aliphatic carbocycles. The van der Waals surface area contributed by atoms with E-state index in [0.29, 0.717) is 10.7 Å². The number of halogens is 2. The van der Waals surface area contributed by atoms with Crippen molar-refractivity contribution in [1.29, 1.82) is 0 Å². The van der Waals surface area contributed by atoms with Crippen molar-refractivity contribution in [3.05, 3.63) is 47.0 Å². The van der Waals surface area contributed by atoms with Gasteiger partial charge in [0.25, 0.3) is 5.91 Å². The number of aryl methyl sites for hydroxylation is 1. The molecule has 1 fully saturated rings. The molecule has 0 saturated heterocycles. The molecule has 2 aromatic rings. The standard InChI is InChI=1S/C19H20F2N2O3S2/c1-11-10-27-19(22-11)23-18(24)15(7-12-8-16(20)17(21)9-12)13-3-5-14(6-4-13)28(2,25)26/h3-7,10,12,16-17H,8-9H2,1-2H3,(H,22,23,24)/b15-7+. The van der Waals surface area contributed by atoms with Crippen molar-refractivity contribution in [2.24, 2.45) is 5.92 Å². The highest BCUT2D eigenvalue weighted by molar-refractivity contribution is 7.90. The summed E-state index contributed by atoms with van der Waals surface area (Å²) in [5, 5.41) is 4.90. The second-order valence-corrected chi connectivity index (χ2v) is 9.76. The predicted octanol–water partition coefficient (Wildman–Crippen LogP) is 3.96. The van der Waals surface area contributed by atoms with Gasteiger partial charge < -0.3 is 0 Å². The number of benzene rings is 1. The van der Waals surface area contributed by atoms with Crippen LogP contribution < -0.4 is 5.32 Å². The van der Waals surface area contributed by atoms with Crippen LogP contribution in [0.2, 0.25) is 0 Å². The lowest BCUT2D eigenvalue weighted by atomic mass is 9.98. The van der Waals surface area contributed by atoms with E-state index in [0.717, 1.165) is 11.9 Å². The number of amides is 1. The first-order chi connectivity index (χ1) is 13.1. The molecular weight excluding hydrogens is 406 g/mol. The minimum absolute atomic E-state index is 0.00965. The summed E-state index contributed by atoms with van der Waals surface area (Å²) < 4.78 is 50.5. The van der Waals surface area contributed by atoms with E-state index in [1.807, 2.05) is 0 Å². The number of rotatable bonds is 5. The van der Waals surface area contributed by atoms with Crippen LogP contribution in [0.4, 0.5) is 13.9 Å². The fourth-order valence-electron chi connectivity index (χ4n) is 3.10. The lowest BCUT2D eigenvalue weighted by molar-refractivity contribution is -0.111. The number of nitrogens with zero attached hydrogens (tertiary/aromatic N) is 1. The third-order valence-corrected chi connectivity index (χ3v) is 6.53. The van der Waals surface area contributed by atoms with Crippen molar-refractivity contribution >= 4 is 37.8 Å². The SMILES string of the molecule is Cc1csc(NC(=O)/C(=C/C2CC(F)C(F)C2)c2ccc(S(C)(=O)=O)cc2)n1. The maximum absolute atomic E-state index is 13.6. The van der Waals surface area contributed by atoms with Crippen LogP contribution in [-0.2, 0) is 14.6 Å². The summed E-state index contributed by atoms with van der Waals surface area (Å²) in [6.07, 6.45) is -0.403. The highest BCUT2D eigenvalue weighted by Gasteiger charge is 2.34. The summed E-state index contributed by atoms with van der Waals surface area (Å²) >= 11 is 1.27. The van der Waals surface area contributed by atoms with Gasteiger partial charge in [-0.15, -0.1) is 11.3 Å². The Morgan fingerprint density at radius 3 is 2.32 bits per heavy atom. The Hall–Kier alpha value is -2.13. The molecule has 3 rings (SSSR count). The Morgan fingerprint density at radius 2 is 1.82 bits per heavy atom. The van der Waals surface area contributed by atoms with Crippen molar-refractivity contribution in [1.82, 2.24) is 4.98 Å². The van der Waals surface area contributed by atoms with Gasteiger partial charge in [0.15, 0.2) is 15.0 Å². The summed E-state index contributed by atoms with van der Waals surface area (Å²) in [4.78, 5) is 17.2. The van der Waals surface area contributed by atoms with Gasteiger partial charge in [-0.2, -0.15) is 0 Å². The smallest absolute Gasteiger partial charge is 0.257 e. The van der Waals surface area contributed by atoms with Gasteiger partial charge in [-0.1, -0.05) is 18.2 Å². The van der Waals surface area contributed by atoms with Crippen molar-refractivity contribution in [3.8, 4) is 0 Å². The molecule has 2 unspecified atom stereocenters. The molecule has 1 aromatic heterocycles. The molecule has 0 bridgehead atoms. The van der Waals surface area contributed by atoms with E-state index in [4.69, 9.17) is 0 Å². The Kier molecular flexibility index (Phi) is 5.95. The Morgan fingerprint density at radius 1 is 1.21 bits per heavy atom. The third-order valence-electron chi connectivity index (χ3n) is 4.53. The van der Waals surface area contributed by atoms with Crippen LogP contribution in [-0.4, -0.2) is 37.9 Å². The molecule has 9 heteroatoms. The summed E-state index contributed by atoms with van der Waals surface area (Å²) in [7, 11) is -3.38. The normalized spacial score (nSPS) is 23.0. The highest BCUT2D eigenvalue weighted by atomic mass is 32.2. The van der Waals surface area contributed by atoms with Crippen LogP contribution in [0.25, 0.3) is 5.57 Å². The Balaban J connectivity index is 1.93. The number of hydrogen-bond donors (Lipinski definition) is 1. The first kappa shape index (κ1) is 20.6. The van der Waals surface area contributed by atoms with Crippen molar-refractivity contribution in [2.75, 3.05) is 11.6 Å². The van der Waals surface area contributed by atoms with Crippen LogP contribution in [0.3, 0.4) is 0 Å². The van der Waals surface area contributed by atoms with E-state index in [1.165, 1.54) is 35.6 Å². The average Bonchev–Trinajstić information content (AvgIpc) is 3.17. The largest absolute Gasteiger partial charge is 0.298 e. The quantitative estimate of drug-likeness (QED) is 0.734. The van der Waals surface area contributed by atoms with E-state index in [9.17, 15) is 22.0 Å². The molecule has 1 saturated carbocycles. The molecule has 28 heavy (non-hydrogen) atoms. The van der Waals surface area contributed by atoms with Crippen molar-refractivity contribution in [2.45, 2.75) is 37.0 Å². The Bertz CT molecular complexity index is 990. The molecule has 1 N–H and O–H groups in total. The van der Waals surface area contributed by atoms with Gasteiger partial charge >= 0.3 is 0 Å². The molecule has 1 aromatic carbocycles. The zero-order valence-electron chi connectivity index (χ0n) is 15.4. The number of anilines is 1. The van der Waals surface area contributed by atoms with Crippen LogP contribution in [0.1, 0.15) is 24.1 Å². The number of hydrogen-bond acceptors (Lipinski definition) is 5. The molecule has 1 amide bonds. The van der Waals surface area contributed by atoms with E-state index >= 15 is 0 Å². The molecule has 0 radical (unpaired) electrons. The Labute approximate surface area is 166 Å². The second kappa shape index (κ2) is 8.08. The summed E-state index contributed by atoms with van der Waals surface area (Å²) in [6.45, 7) is 1.80. The lowest BCUT2D eigenvalue weighted by Crippen LogP contribution is -2.15. The van der Waals surface area contributed by atoms with Gasteiger partial charge in [0.05, 0.1) is 10.6 Å². The predicted molar refractivity (Wildman–Crippen MR) is 106 cm³/mol. The number of carbonyl (C=O) groups excluding carboxylic acids is 1. The minimum Gasteiger partial charge on any atom is -0.298 e. The van der Waals surface area contributed by atoms with Crippen LogP contribution in [0, 0.1) is 12.8 Å². The number of aromatic nitrogens is 1. The van der Waals surface area contributed by atoms with Gasteiger partial charge in [-0.05, 0) is 43.4 Å². The van der Waals surface area contributed by atoms with Crippen molar-refractivity contribution in [3.63, 3.8) is 0 Å². The summed E-state index contributed by atoms with van der Waals surface area (Å²) in [6, 6.07) is 5.85. The van der Waals surface area contributed by atoms with E-state index < -0.39 is 34.0 Å². The van der Waals surface area contributed by atoms with E-state index in [-0.39, 0.29) is 23.3 Å². The number of carbonyl (C=O) groups is 1. The molecule has 0 spiro atoms. The highest BCUT2D eigenvalue weighted by Crippen LogP contribution is 2.34. The number of thiazole rings is 1. The van der Waals surface area contributed by atoms with Crippen molar-refractivity contribution < 1.29 is 22.0 Å². The molecular formula is C19H20F2N2O3S2. The molecule has 1 heterocycles. The molecule has 2 atom stereocenters. The lowest BCUT2D eigenvalue weighted by Gasteiger charge is -2.11. The van der Waals surface area contributed by atoms with Gasteiger partial charge in [-0.25, -0.2) is 22.2 Å². The molecule has 5 nitrogen and oxygen atoms in total. The maximum atomic E-state index is 13.6. The van der Waals surface area contributed by atoms with E-state index in [2.05, 4.69) is 10.3 Å². The first-order valence-corrected chi connectivity index (χ1v) is 11.4. The second-order valence-electron chi connectivity index (χ2n) is 6.89. The summed E-state index contributed by atoms with van der Waals surface area (Å²) in [5.74, 6) is -0.877. The number of allylic oxidation sites excluding steroid dienone is 1. The molecule has 150 valence electrons. The third kappa shape index (κ3) is 4.82. The van der Waals surface area contributed by atoms with Gasteiger partial charge in [0.2, 0.25) is 0 Å². The number of alkyl halides is 2. The molecule has 1 aliphatic rings. The van der Waals surface area contributed by atoms with E-state index in [1.54, 1.807) is 18.4 Å². The van der Waals surface area contributed by atoms with Gasteiger partial charge in [0, 0.05) is 17.2 Å².